The lowest BCUT2D eigenvalue weighted by molar-refractivity contribution is -0.140. The molecule has 1 unspecified atom stereocenters. The Morgan fingerprint density at radius 2 is 2.00 bits per heavy atom. The van der Waals surface area contributed by atoms with Crippen LogP contribution in [-0.2, 0) is 34.2 Å². The largest absolute Gasteiger partial charge is 0.480 e. The first-order valence-electron chi connectivity index (χ1n) is 6.06. The van der Waals surface area contributed by atoms with Gasteiger partial charge in [0.15, 0.2) is 9.84 Å². The number of ether oxygens (including phenoxy) is 1. The van der Waals surface area contributed by atoms with Gasteiger partial charge in [-0.05, 0) is 6.42 Å². The molecule has 1 saturated heterocycles. The minimum atomic E-state index is -4.07. The number of carbonyl (C=O) groups excluding carboxylic acids is 1. The number of sulfonamides is 1. The van der Waals surface area contributed by atoms with E-state index in [1.165, 1.54) is 0 Å². The Morgan fingerprint density at radius 3 is 2.43 bits per heavy atom. The molecule has 11 heteroatoms. The lowest BCUT2D eigenvalue weighted by Crippen LogP contribution is -2.45. The van der Waals surface area contributed by atoms with Crippen molar-refractivity contribution in [3.63, 3.8) is 0 Å². The van der Waals surface area contributed by atoms with Crippen molar-refractivity contribution in [3.05, 3.63) is 0 Å². The minimum Gasteiger partial charge on any atom is -0.480 e. The van der Waals surface area contributed by atoms with Crippen LogP contribution in [0.3, 0.4) is 0 Å². The van der Waals surface area contributed by atoms with E-state index in [1.54, 1.807) is 0 Å². The molecule has 1 aliphatic heterocycles. The Labute approximate surface area is 122 Å². The number of methoxy groups -OCH3 is 1. The average molecular weight is 343 g/mol. The number of carboxylic acids is 1. The zero-order valence-corrected chi connectivity index (χ0v) is 13.0. The Hall–Kier alpha value is -1.20. The molecule has 1 N–H and O–H groups in total. The van der Waals surface area contributed by atoms with E-state index in [2.05, 4.69) is 4.74 Å². The van der Waals surface area contributed by atoms with Crippen molar-refractivity contribution < 1.29 is 36.3 Å². The number of hydrogen-bond donors (Lipinski definition) is 1. The van der Waals surface area contributed by atoms with Crippen LogP contribution in [0.15, 0.2) is 0 Å². The number of aliphatic carboxylic acids is 1. The third-order valence-electron chi connectivity index (χ3n) is 3.06. The van der Waals surface area contributed by atoms with Gasteiger partial charge in [0, 0.05) is 6.04 Å². The number of hydrogen-bond acceptors (Lipinski definition) is 7. The molecule has 1 rings (SSSR count). The summed E-state index contributed by atoms with van der Waals surface area (Å²) >= 11 is 0. The quantitative estimate of drug-likeness (QED) is 0.549. The van der Waals surface area contributed by atoms with Gasteiger partial charge in [-0.3, -0.25) is 9.59 Å². The van der Waals surface area contributed by atoms with Gasteiger partial charge < -0.3 is 9.84 Å². The summed E-state index contributed by atoms with van der Waals surface area (Å²) in [6, 6.07) is -0.909. The number of carboxylic acid groups (broad SMARTS) is 1. The van der Waals surface area contributed by atoms with E-state index in [0.29, 0.717) is 4.31 Å². The van der Waals surface area contributed by atoms with Gasteiger partial charge >= 0.3 is 11.9 Å². The molecule has 0 amide bonds. The average Bonchev–Trinajstić information content (AvgIpc) is 2.72. The predicted molar refractivity (Wildman–Crippen MR) is 71.8 cm³/mol. The van der Waals surface area contributed by atoms with Crippen molar-refractivity contribution in [2.24, 2.45) is 0 Å². The van der Waals surface area contributed by atoms with Crippen LogP contribution in [0.2, 0.25) is 0 Å². The monoisotopic (exact) mass is 343 g/mol. The minimum absolute atomic E-state index is 0.0487. The molecular formula is C10H17NO8S2. The van der Waals surface area contributed by atoms with Gasteiger partial charge in [0.05, 0.1) is 30.8 Å². The molecule has 0 aromatic heterocycles. The summed E-state index contributed by atoms with van der Waals surface area (Å²) in [5, 5.41) is 8.81. The van der Waals surface area contributed by atoms with Crippen LogP contribution in [0.4, 0.5) is 0 Å². The maximum Gasteiger partial charge on any atom is 0.318 e. The van der Waals surface area contributed by atoms with Crippen molar-refractivity contribution in [2.75, 3.05) is 30.9 Å². The van der Waals surface area contributed by atoms with E-state index in [9.17, 15) is 26.4 Å². The molecule has 0 bridgehead atoms. The highest BCUT2D eigenvalue weighted by Gasteiger charge is 2.39. The number of esters is 1. The molecule has 122 valence electrons. The fraction of sp³-hybridized carbons (Fsp3) is 0.800. The second kappa shape index (κ2) is 6.71. The standard InChI is InChI=1S/C10H17NO8S2/c1-19-10(14)3-5-21(17,18)11(6-9(12)13)8-2-4-20(15,16)7-8/h8H,2-7H2,1H3,(H,12,13). The molecule has 0 saturated carbocycles. The first kappa shape index (κ1) is 17.9. The molecule has 0 spiro atoms. The van der Waals surface area contributed by atoms with Crippen molar-refractivity contribution in [1.29, 1.82) is 0 Å². The van der Waals surface area contributed by atoms with Gasteiger partial charge in [0.1, 0.15) is 6.54 Å². The maximum atomic E-state index is 12.1. The summed E-state index contributed by atoms with van der Waals surface area (Å²) in [5.41, 5.74) is 0. The molecule has 9 nitrogen and oxygen atoms in total. The van der Waals surface area contributed by atoms with Gasteiger partial charge in [-0.1, -0.05) is 0 Å². The molecule has 1 aliphatic rings. The molecule has 1 fully saturated rings. The summed E-state index contributed by atoms with van der Waals surface area (Å²) < 4.78 is 52.1. The van der Waals surface area contributed by atoms with E-state index in [4.69, 9.17) is 5.11 Å². The summed E-state index contributed by atoms with van der Waals surface area (Å²) in [6.45, 7) is -0.830. The van der Waals surface area contributed by atoms with Gasteiger partial charge in [0.25, 0.3) is 0 Å². The summed E-state index contributed by atoms with van der Waals surface area (Å²) in [7, 11) is -6.33. The summed E-state index contributed by atoms with van der Waals surface area (Å²) in [4.78, 5) is 21.8. The van der Waals surface area contributed by atoms with Crippen LogP contribution in [-0.4, -0.2) is 75.1 Å². The zero-order valence-electron chi connectivity index (χ0n) is 11.4. The number of nitrogens with zero attached hydrogens (tertiary/aromatic N) is 1. The van der Waals surface area contributed by atoms with Gasteiger partial charge in [-0.15, -0.1) is 0 Å². The Balaban J connectivity index is 2.91. The molecule has 0 aromatic rings. The lowest BCUT2D eigenvalue weighted by atomic mass is 10.2. The van der Waals surface area contributed by atoms with E-state index in [1.807, 2.05) is 0 Å². The zero-order chi connectivity index (χ0) is 16.3. The van der Waals surface area contributed by atoms with Gasteiger partial charge in [-0.2, -0.15) is 4.31 Å². The van der Waals surface area contributed by atoms with Gasteiger partial charge in [-0.25, -0.2) is 16.8 Å². The first-order valence-corrected chi connectivity index (χ1v) is 9.49. The Morgan fingerprint density at radius 1 is 1.38 bits per heavy atom. The molecule has 0 aromatic carbocycles. The lowest BCUT2D eigenvalue weighted by Gasteiger charge is -2.25. The second-order valence-corrected chi connectivity index (χ2v) is 8.91. The van der Waals surface area contributed by atoms with Crippen molar-refractivity contribution >= 4 is 31.8 Å². The molecule has 21 heavy (non-hydrogen) atoms. The maximum absolute atomic E-state index is 12.1. The Bertz CT molecular complexity index is 609. The normalized spacial score (nSPS) is 21.3. The fourth-order valence-corrected chi connectivity index (χ4v) is 5.45. The van der Waals surface area contributed by atoms with E-state index in [0.717, 1.165) is 7.11 Å². The highest BCUT2D eigenvalue weighted by atomic mass is 32.2. The fourth-order valence-electron chi connectivity index (χ4n) is 2.02. The van der Waals surface area contributed by atoms with Crippen molar-refractivity contribution in [2.45, 2.75) is 18.9 Å². The van der Waals surface area contributed by atoms with Crippen LogP contribution >= 0.6 is 0 Å². The van der Waals surface area contributed by atoms with Crippen LogP contribution < -0.4 is 0 Å². The highest BCUT2D eigenvalue weighted by Crippen LogP contribution is 2.21. The summed E-state index contributed by atoms with van der Waals surface area (Å²) in [5.74, 6) is -3.34. The number of carbonyl (C=O) groups is 2. The van der Waals surface area contributed by atoms with Crippen molar-refractivity contribution in [1.82, 2.24) is 4.31 Å². The van der Waals surface area contributed by atoms with E-state index < -0.39 is 62.3 Å². The van der Waals surface area contributed by atoms with Crippen LogP contribution in [0.25, 0.3) is 0 Å². The first-order chi connectivity index (χ1) is 9.57. The molecule has 0 aliphatic carbocycles. The molecule has 1 heterocycles. The SMILES string of the molecule is COC(=O)CCS(=O)(=O)N(CC(=O)O)C1CCS(=O)(=O)C1. The number of sulfone groups is 1. The summed E-state index contributed by atoms with van der Waals surface area (Å²) in [6.07, 6.45) is -0.374. The second-order valence-electron chi connectivity index (χ2n) is 4.64. The van der Waals surface area contributed by atoms with Crippen molar-refractivity contribution in [3.8, 4) is 0 Å². The third kappa shape index (κ3) is 5.25. The van der Waals surface area contributed by atoms with Crippen LogP contribution in [0, 0.1) is 0 Å². The van der Waals surface area contributed by atoms with Gasteiger partial charge in [0.2, 0.25) is 10.0 Å². The molecule has 1 atom stereocenters. The smallest absolute Gasteiger partial charge is 0.318 e. The highest BCUT2D eigenvalue weighted by molar-refractivity contribution is 7.92. The number of rotatable bonds is 7. The predicted octanol–water partition coefficient (Wildman–Crippen LogP) is -1.55. The molecular weight excluding hydrogens is 326 g/mol. The third-order valence-corrected chi connectivity index (χ3v) is 6.67. The van der Waals surface area contributed by atoms with E-state index >= 15 is 0 Å². The van der Waals surface area contributed by atoms with E-state index in [-0.39, 0.29) is 12.2 Å². The van der Waals surface area contributed by atoms with Crippen LogP contribution in [0.5, 0.6) is 0 Å². The van der Waals surface area contributed by atoms with Crippen LogP contribution in [0.1, 0.15) is 12.8 Å². The Kier molecular flexibility index (Phi) is 5.70. The molecule has 0 radical (unpaired) electrons. The topological polar surface area (TPSA) is 135 Å².